The Balaban J connectivity index is 1.79. The van der Waals surface area contributed by atoms with Crippen molar-refractivity contribution in [1.82, 2.24) is 20.1 Å². The summed E-state index contributed by atoms with van der Waals surface area (Å²) in [5.41, 5.74) is 9.51. The van der Waals surface area contributed by atoms with E-state index >= 15 is 0 Å². The Labute approximate surface area is 154 Å². The number of pyridine rings is 1. The molecule has 1 amide bonds. The van der Waals surface area contributed by atoms with Crippen molar-refractivity contribution in [3.8, 4) is 5.88 Å². The van der Waals surface area contributed by atoms with E-state index in [4.69, 9.17) is 10.5 Å². The van der Waals surface area contributed by atoms with Crippen LogP contribution in [0.1, 0.15) is 43.0 Å². The van der Waals surface area contributed by atoms with Gasteiger partial charge < -0.3 is 15.8 Å². The van der Waals surface area contributed by atoms with Crippen LogP contribution in [0.15, 0.2) is 0 Å². The molecule has 1 aliphatic rings. The second-order valence-electron chi connectivity index (χ2n) is 7.58. The van der Waals surface area contributed by atoms with Gasteiger partial charge in [-0.1, -0.05) is 0 Å². The molecule has 142 valence electrons. The van der Waals surface area contributed by atoms with Crippen LogP contribution in [-0.4, -0.2) is 39.9 Å². The highest BCUT2D eigenvalue weighted by molar-refractivity contribution is 5.86. The van der Waals surface area contributed by atoms with Gasteiger partial charge in [0.2, 0.25) is 11.8 Å². The van der Waals surface area contributed by atoms with E-state index in [1.807, 2.05) is 27.8 Å². The lowest BCUT2D eigenvalue weighted by Gasteiger charge is -2.29. The van der Waals surface area contributed by atoms with Crippen molar-refractivity contribution in [3.05, 3.63) is 16.8 Å². The number of nitrogens with zero attached hydrogens (tertiary/aromatic N) is 3. The van der Waals surface area contributed by atoms with Crippen molar-refractivity contribution in [2.24, 2.45) is 18.7 Å². The summed E-state index contributed by atoms with van der Waals surface area (Å²) in [6.07, 6.45) is 3.34. The molecule has 26 heavy (non-hydrogen) atoms. The zero-order chi connectivity index (χ0) is 19.1. The summed E-state index contributed by atoms with van der Waals surface area (Å²) < 4.78 is 7.13. The standard InChI is InChI=1S/C19H29N5O2/c1-11-14(8-9-15(25)22-19(3,10-20)13-6-7-13)12(2)21-17-16(11)18(26-5)23-24(17)4/h13H,6-10,20H2,1-5H3,(H,22,25). The number of nitrogens with two attached hydrogens (primary N) is 1. The fourth-order valence-electron chi connectivity index (χ4n) is 3.77. The number of amides is 1. The van der Waals surface area contributed by atoms with E-state index in [9.17, 15) is 4.79 Å². The Morgan fingerprint density at radius 3 is 2.69 bits per heavy atom. The van der Waals surface area contributed by atoms with Crippen molar-refractivity contribution >= 4 is 16.9 Å². The van der Waals surface area contributed by atoms with Crippen LogP contribution >= 0.6 is 0 Å². The van der Waals surface area contributed by atoms with Crippen molar-refractivity contribution < 1.29 is 9.53 Å². The molecule has 0 aliphatic heterocycles. The molecule has 1 saturated carbocycles. The average molecular weight is 359 g/mol. The molecule has 3 N–H and O–H groups in total. The van der Waals surface area contributed by atoms with E-state index < -0.39 is 0 Å². The van der Waals surface area contributed by atoms with Crippen LogP contribution in [0.5, 0.6) is 5.88 Å². The van der Waals surface area contributed by atoms with Crippen molar-refractivity contribution in [2.75, 3.05) is 13.7 Å². The maximum absolute atomic E-state index is 12.5. The van der Waals surface area contributed by atoms with E-state index in [1.54, 1.807) is 11.8 Å². The number of hydrogen-bond acceptors (Lipinski definition) is 5. The number of carbonyl (C=O) groups is 1. The lowest BCUT2D eigenvalue weighted by molar-refractivity contribution is -0.123. The van der Waals surface area contributed by atoms with Gasteiger partial charge in [0.15, 0.2) is 5.65 Å². The van der Waals surface area contributed by atoms with Crippen LogP contribution in [-0.2, 0) is 18.3 Å². The van der Waals surface area contributed by atoms with E-state index in [0.29, 0.717) is 31.2 Å². The normalized spacial score (nSPS) is 16.5. The highest BCUT2D eigenvalue weighted by Gasteiger charge is 2.41. The van der Waals surface area contributed by atoms with E-state index in [1.165, 1.54) is 0 Å². The van der Waals surface area contributed by atoms with Gasteiger partial charge in [-0.3, -0.25) is 4.79 Å². The van der Waals surface area contributed by atoms with Crippen molar-refractivity contribution in [2.45, 2.75) is 52.0 Å². The SMILES string of the molecule is COc1nn(C)c2nc(C)c(CCC(=O)NC(C)(CN)C3CC3)c(C)c12. The van der Waals surface area contributed by atoms with Crippen LogP contribution in [0.25, 0.3) is 11.0 Å². The van der Waals surface area contributed by atoms with E-state index in [-0.39, 0.29) is 11.4 Å². The minimum absolute atomic E-state index is 0.0434. The Bertz CT molecular complexity index is 840. The molecule has 0 bridgehead atoms. The van der Waals surface area contributed by atoms with Gasteiger partial charge >= 0.3 is 0 Å². The molecule has 2 heterocycles. The molecule has 1 fully saturated rings. The highest BCUT2D eigenvalue weighted by Crippen LogP contribution is 2.39. The lowest BCUT2D eigenvalue weighted by Crippen LogP contribution is -2.53. The number of methoxy groups -OCH3 is 1. The van der Waals surface area contributed by atoms with Gasteiger partial charge in [-0.2, -0.15) is 0 Å². The molecule has 2 aromatic rings. The monoisotopic (exact) mass is 359 g/mol. The Morgan fingerprint density at radius 2 is 2.12 bits per heavy atom. The van der Waals surface area contributed by atoms with E-state index in [2.05, 4.69) is 15.4 Å². The first-order chi connectivity index (χ1) is 12.3. The highest BCUT2D eigenvalue weighted by atomic mass is 16.5. The smallest absolute Gasteiger partial charge is 0.242 e. The van der Waals surface area contributed by atoms with Crippen LogP contribution in [0.3, 0.4) is 0 Å². The van der Waals surface area contributed by atoms with Gasteiger partial charge in [0, 0.05) is 25.7 Å². The van der Waals surface area contributed by atoms with Gasteiger partial charge in [-0.15, -0.1) is 5.10 Å². The number of carbonyl (C=O) groups excluding carboxylic acids is 1. The molecular weight excluding hydrogens is 330 g/mol. The summed E-state index contributed by atoms with van der Waals surface area (Å²) in [5.74, 6) is 1.13. The molecule has 0 aromatic carbocycles. The average Bonchev–Trinajstić information content (AvgIpc) is 3.40. The first-order valence-electron chi connectivity index (χ1n) is 9.18. The zero-order valence-electron chi connectivity index (χ0n) is 16.3. The molecule has 0 spiro atoms. The largest absolute Gasteiger partial charge is 0.479 e. The van der Waals surface area contributed by atoms with Crippen LogP contribution in [0.4, 0.5) is 0 Å². The Hall–Kier alpha value is -2.15. The number of fused-ring (bicyclic) bond motifs is 1. The molecule has 2 aromatic heterocycles. The predicted octanol–water partition coefficient (Wildman–Crippen LogP) is 1.77. The molecule has 1 unspecified atom stereocenters. The molecule has 7 nitrogen and oxygen atoms in total. The number of aryl methyl sites for hydroxylation is 3. The summed E-state index contributed by atoms with van der Waals surface area (Å²) in [6, 6.07) is 0. The fourth-order valence-corrected chi connectivity index (χ4v) is 3.77. The minimum atomic E-state index is -0.282. The maximum Gasteiger partial charge on any atom is 0.242 e. The molecular formula is C19H29N5O2. The Morgan fingerprint density at radius 1 is 1.42 bits per heavy atom. The molecule has 3 rings (SSSR count). The summed E-state index contributed by atoms with van der Waals surface area (Å²) in [4.78, 5) is 17.2. The fraction of sp³-hybridized carbons (Fsp3) is 0.632. The Kier molecular flexibility index (Phi) is 4.92. The number of ether oxygens (including phenoxy) is 1. The van der Waals surface area contributed by atoms with Crippen LogP contribution in [0, 0.1) is 19.8 Å². The second-order valence-corrected chi connectivity index (χ2v) is 7.58. The summed E-state index contributed by atoms with van der Waals surface area (Å²) >= 11 is 0. The first kappa shape index (κ1) is 18.6. The van der Waals surface area contributed by atoms with Crippen molar-refractivity contribution in [3.63, 3.8) is 0 Å². The maximum atomic E-state index is 12.5. The third kappa shape index (κ3) is 3.28. The molecule has 0 radical (unpaired) electrons. The zero-order valence-corrected chi connectivity index (χ0v) is 16.3. The predicted molar refractivity (Wildman–Crippen MR) is 101 cm³/mol. The summed E-state index contributed by atoms with van der Waals surface area (Å²) in [5, 5.41) is 8.44. The number of aromatic nitrogens is 3. The number of nitrogens with one attached hydrogen (secondary N) is 1. The van der Waals surface area contributed by atoms with Gasteiger partial charge in [0.25, 0.3) is 0 Å². The van der Waals surface area contributed by atoms with Gasteiger partial charge in [0.05, 0.1) is 18.0 Å². The summed E-state index contributed by atoms with van der Waals surface area (Å²) in [6.45, 7) is 6.55. The van der Waals surface area contributed by atoms with Crippen LogP contribution < -0.4 is 15.8 Å². The molecule has 0 saturated heterocycles. The topological polar surface area (TPSA) is 95.1 Å². The quantitative estimate of drug-likeness (QED) is 0.785. The third-order valence-electron chi connectivity index (χ3n) is 5.65. The van der Waals surface area contributed by atoms with Crippen LogP contribution in [0.2, 0.25) is 0 Å². The van der Waals surface area contributed by atoms with Gasteiger partial charge in [-0.05, 0) is 57.1 Å². The second kappa shape index (κ2) is 6.87. The number of hydrogen-bond donors (Lipinski definition) is 2. The lowest BCUT2D eigenvalue weighted by atomic mass is 9.95. The summed E-state index contributed by atoms with van der Waals surface area (Å²) in [7, 11) is 3.47. The first-order valence-corrected chi connectivity index (χ1v) is 9.18. The van der Waals surface area contributed by atoms with Gasteiger partial charge in [0.1, 0.15) is 0 Å². The van der Waals surface area contributed by atoms with Crippen molar-refractivity contribution in [1.29, 1.82) is 0 Å². The molecule has 1 aliphatic carbocycles. The third-order valence-corrected chi connectivity index (χ3v) is 5.65. The minimum Gasteiger partial charge on any atom is -0.479 e. The van der Waals surface area contributed by atoms with Gasteiger partial charge in [-0.25, -0.2) is 9.67 Å². The van der Waals surface area contributed by atoms with E-state index in [0.717, 1.165) is 40.7 Å². The molecule has 7 heteroatoms. The number of rotatable bonds is 7. The molecule has 1 atom stereocenters.